The smallest absolute Gasteiger partial charge is 0.331 e. The first-order chi connectivity index (χ1) is 12.6. The van der Waals surface area contributed by atoms with Crippen molar-refractivity contribution in [1.82, 2.24) is 0 Å². The molecule has 26 heavy (non-hydrogen) atoms. The Morgan fingerprint density at radius 1 is 0.962 bits per heavy atom. The molecule has 6 nitrogen and oxygen atoms in total. The lowest BCUT2D eigenvalue weighted by molar-refractivity contribution is -0.154. The van der Waals surface area contributed by atoms with Crippen molar-refractivity contribution in [3.05, 3.63) is 36.5 Å². The zero-order valence-electron chi connectivity index (χ0n) is 15.5. The van der Waals surface area contributed by atoms with Gasteiger partial charge in [0.05, 0.1) is 19.1 Å². The lowest BCUT2D eigenvalue weighted by atomic mass is 9.80. The molecule has 2 atom stereocenters. The van der Waals surface area contributed by atoms with E-state index in [4.69, 9.17) is 14.2 Å². The highest BCUT2D eigenvalue weighted by molar-refractivity contribution is 5.91. The van der Waals surface area contributed by atoms with Crippen LogP contribution in [0.1, 0.15) is 39.5 Å². The van der Waals surface area contributed by atoms with E-state index < -0.39 is 11.9 Å². The zero-order chi connectivity index (χ0) is 19.2. The molecule has 1 fully saturated rings. The SMILES string of the molecule is C/C=C/C=C/COC(=O)[C@@H]1CCCC[C@H]1COC(=O)/C=C/C(=O)OCC. The van der Waals surface area contributed by atoms with E-state index in [0.29, 0.717) is 0 Å². The van der Waals surface area contributed by atoms with Gasteiger partial charge in [0, 0.05) is 18.1 Å². The van der Waals surface area contributed by atoms with Crippen LogP contribution in [0.3, 0.4) is 0 Å². The van der Waals surface area contributed by atoms with Crippen molar-refractivity contribution < 1.29 is 28.6 Å². The maximum absolute atomic E-state index is 12.3. The minimum Gasteiger partial charge on any atom is -0.463 e. The Kier molecular flexibility index (Phi) is 10.8. The maximum Gasteiger partial charge on any atom is 0.331 e. The Labute approximate surface area is 154 Å². The first-order valence-electron chi connectivity index (χ1n) is 9.04. The number of carbonyl (C=O) groups is 3. The normalized spacial score (nSPS) is 20.5. The van der Waals surface area contributed by atoms with Crippen LogP contribution in [0.5, 0.6) is 0 Å². The summed E-state index contributed by atoms with van der Waals surface area (Å²) in [6, 6.07) is 0. The van der Waals surface area contributed by atoms with Crippen LogP contribution in [0.25, 0.3) is 0 Å². The summed E-state index contributed by atoms with van der Waals surface area (Å²) in [6.07, 6.45) is 12.9. The monoisotopic (exact) mass is 364 g/mol. The molecule has 0 spiro atoms. The van der Waals surface area contributed by atoms with Crippen LogP contribution >= 0.6 is 0 Å². The maximum atomic E-state index is 12.3. The van der Waals surface area contributed by atoms with E-state index in [0.717, 1.165) is 37.8 Å². The molecule has 1 saturated carbocycles. The summed E-state index contributed by atoms with van der Waals surface area (Å²) in [7, 11) is 0. The fourth-order valence-corrected chi connectivity index (χ4v) is 2.76. The first kappa shape index (κ1) is 21.7. The molecule has 0 amide bonds. The molecule has 0 N–H and O–H groups in total. The summed E-state index contributed by atoms with van der Waals surface area (Å²) in [5, 5.41) is 0. The van der Waals surface area contributed by atoms with Gasteiger partial charge in [0.15, 0.2) is 0 Å². The molecule has 1 rings (SSSR count). The van der Waals surface area contributed by atoms with Crippen LogP contribution in [0.4, 0.5) is 0 Å². The lowest BCUT2D eigenvalue weighted by Crippen LogP contribution is -2.32. The van der Waals surface area contributed by atoms with Crippen LogP contribution < -0.4 is 0 Å². The van der Waals surface area contributed by atoms with E-state index in [1.165, 1.54) is 0 Å². The number of esters is 3. The molecule has 0 radical (unpaired) electrons. The van der Waals surface area contributed by atoms with Gasteiger partial charge in [0.2, 0.25) is 0 Å². The zero-order valence-corrected chi connectivity index (χ0v) is 15.5. The highest BCUT2D eigenvalue weighted by Gasteiger charge is 2.32. The molecule has 0 aromatic heterocycles. The molecule has 0 heterocycles. The fourth-order valence-electron chi connectivity index (χ4n) is 2.76. The third-order valence-electron chi connectivity index (χ3n) is 4.06. The molecule has 1 aliphatic rings. The highest BCUT2D eigenvalue weighted by atomic mass is 16.5. The number of hydrogen-bond acceptors (Lipinski definition) is 6. The molecule has 0 saturated heterocycles. The average molecular weight is 364 g/mol. The summed E-state index contributed by atoms with van der Waals surface area (Å²) >= 11 is 0. The van der Waals surface area contributed by atoms with Gasteiger partial charge in [-0.1, -0.05) is 31.1 Å². The topological polar surface area (TPSA) is 78.9 Å². The minimum atomic E-state index is -0.620. The molecular formula is C20H28O6. The van der Waals surface area contributed by atoms with Gasteiger partial charge in [-0.3, -0.25) is 4.79 Å². The predicted octanol–water partition coefficient (Wildman–Crippen LogP) is 3.13. The number of carbonyl (C=O) groups excluding carboxylic acids is 3. The highest BCUT2D eigenvalue weighted by Crippen LogP contribution is 2.31. The molecule has 6 heteroatoms. The van der Waals surface area contributed by atoms with Gasteiger partial charge in [-0.25, -0.2) is 9.59 Å². The van der Waals surface area contributed by atoms with Gasteiger partial charge < -0.3 is 14.2 Å². The second-order valence-electron chi connectivity index (χ2n) is 5.95. The molecule has 1 aliphatic carbocycles. The molecule has 144 valence electrons. The third kappa shape index (κ3) is 8.65. The van der Waals surface area contributed by atoms with Crippen LogP contribution in [-0.2, 0) is 28.6 Å². The van der Waals surface area contributed by atoms with Gasteiger partial charge in [-0.15, -0.1) is 0 Å². The van der Waals surface area contributed by atoms with Crippen molar-refractivity contribution in [2.75, 3.05) is 19.8 Å². The van der Waals surface area contributed by atoms with Crippen molar-refractivity contribution in [1.29, 1.82) is 0 Å². The van der Waals surface area contributed by atoms with Crippen LogP contribution in [0, 0.1) is 11.8 Å². The number of rotatable bonds is 9. The van der Waals surface area contributed by atoms with Gasteiger partial charge in [0.1, 0.15) is 6.61 Å². The second-order valence-corrected chi connectivity index (χ2v) is 5.95. The van der Waals surface area contributed by atoms with E-state index in [1.54, 1.807) is 13.0 Å². The first-order valence-corrected chi connectivity index (χ1v) is 9.04. The fraction of sp³-hybridized carbons (Fsp3) is 0.550. The molecule has 0 unspecified atom stereocenters. The van der Waals surface area contributed by atoms with E-state index in [-0.39, 0.29) is 37.6 Å². The van der Waals surface area contributed by atoms with Gasteiger partial charge in [-0.05, 0) is 32.8 Å². The molecule has 0 aliphatic heterocycles. The van der Waals surface area contributed by atoms with E-state index in [2.05, 4.69) is 0 Å². The van der Waals surface area contributed by atoms with Crippen LogP contribution in [-0.4, -0.2) is 37.7 Å². The Bertz CT molecular complexity index is 547. The molecule has 0 bridgehead atoms. The Morgan fingerprint density at radius 2 is 1.65 bits per heavy atom. The Morgan fingerprint density at radius 3 is 2.35 bits per heavy atom. The Balaban J connectivity index is 2.46. The largest absolute Gasteiger partial charge is 0.463 e. The summed E-state index contributed by atoms with van der Waals surface area (Å²) in [5.74, 6) is -1.78. The van der Waals surface area contributed by atoms with Crippen molar-refractivity contribution >= 4 is 17.9 Å². The summed E-state index contributed by atoms with van der Waals surface area (Å²) < 4.78 is 15.2. The van der Waals surface area contributed by atoms with Crippen molar-refractivity contribution in [2.24, 2.45) is 11.8 Å². The molecular weight excluding hydrogens is 336 g/mol. The number of allylic oxidation sites excluding steroid dienone is 3. The molecule has 0 aromatic carbocycles. The summed E-state index contributed by atoms with van der Waals surface area (Å²) in [5.41, 5.74) is 0. The van der Waals surface area contributed by atoms with Gasteiger partial charge in [0.25, 0.3) is 0 Å². The van der Waals surface area contributed by atoms with Crippen LogP contribution in [0.2, 0.25) is 0 Å². The second kappa shape index (κ2) is 12.9. The minimum absolute atomic E-state index is 0.0595. The Hall–Kier alpha value is -2.37. The van der Waals surface area contributed by atoms with Gasteiger partial charge in [-0.2, -0.15) is 0 Å². The van der Waals surface area contributed by atoms with Crippen LogP contribution in [0.15, 0.2) is 36.5 Å². The molecule has 0 aromatic rings. The van der Waals surface area contributed by atoms with Gasteiger partial charge >= 0.3 is 17.9 Å². The van der Waals surface area contributed by atoms with E-state index in [1.807, 2.05) is 25.2 Å². The third-order valence-corrected chi connectivity index (χ3v) is 4.06. The standard InChI is InChI=1S/C20H28O6/c1-3-5-6-9-14-25-20(23)17-11-8-7-10-16(17)15-26-19(22)13-12-18(21)24-4-2/h3,5-6,9,12-13,16-17H,4,7-8,10-11,14-15H2,1-2H3/b5-3+,9-6+,13-12+/t16-,17+/m0/s1. The number of hydrogen-bond donors (Lipinski definition) is 0. The van der Waals surface area contributed by atoms with Crippen molar-refractivity contribution in [3.63, 3.8) is 0 Å². The quantitative estimate of drug-likeness (QED) is 0.271. The predicted molar refractivity (Wildman–Crippen MR) is 97.1 cm³/mol. The summed E-state index contributed by atoms with van der Waals surface area (Å²) in [6.45, 7) is 4.21. The summed E-state index contributed by atoms with van der Waals surface area (Å²) in [4.78, 5) is 35.2. The lowest BCUT2D eigenvalue weighted by Gasteiger charge is -2.29. The van der Waals surface area contributed by atoms with Crippen molar-refractivity contribution in [3.8, 4) is 0 Å². The number of ether oxygens (including phenoxy) is 3. The van der Waals surface area contributed by atoms with E-state index in [9.17, 15) is 14.4 Å². The average Bonchev–Trinajstić information content (AvgIpc) is 2.65. The van der Waals surface area contributed by atoms with E-state index >= 15 is 0 Å². The van der Waals surface area contributed by atoms with Crippen molar-refractivity contribution in [2.45, 2.75) is 39.5 Å².